The van der Waals surface area contributed by atoms with E-state index in [0.717, 1.165) is 24.1 Å². The summed E-state index contributed by atoms with van der Waals surface area (Å²) in [5.41, 5.74) is 0.733. The summed E-state index contributed by atoms with van der Waals surface area (Å²) in [7, 11) is -3.70. The van der Waals surface area contributed by atoms with Crippen LogP contribution in [0.15, 0.2) is 40.6 Å². The van der Waals surface area contributed by atoms with Gasteiger partial charge in [-0.25, -0.2) is 13.2 Å². The molecule has 1 aromatic heterocycles. The Morgan fingerprint density at radius 1 is 1.27 bits per heavy atom. The second kappa shape index (κ2) is 9.72. The molecule has 1 aliphatic heterocycles. The number of thiophene rings is 1. The smallest absolute Gasteiger partial charge is 0.338 e. The summed E-state index contributed by atoms with van der Waals surface area (Å²) in [6.45, 7) is 4.02. The van der Waals surface area contributed by atoms with Gasteiger partial charge in [-0.1, -0.05) is 18.6 Å². The van der Waals surface area contributed by atoms with Crippen molar-refractivity contribution in [3.8, 4) is 0 Å². The third-order valence-electron chi connectivity index (χ3n) is 5.15. The Labute approximate surface area is 181 Å². The number of carbonyl (C=O) groups excluding carboxylic acids is 2. The van der Waals surface area contributed by atoms with Gasteiger partial charge in [-0.05, 0) is 55.8 Å². The predicted octanol–water partition coefficient (Wildman–Crippen LogP) is 3.09. The van der Waals surface area contributed by atoms with Crippen LogP contribution >= 0.6 is 11.3 Å². The number of nitrogens with one attached hydrogen (secondary N) is 1. The summed E-state index contributed by atoms with van der Waals surface area (Å²) in [4.78, 5) is 25.5. The highest BCUT2D eigenvalue weighted by Gasteiger charge is 2.31. The summed E-state index contributed by atoms with van der Waals surface area (Å²) in [6.07, 6.45) is 2.65. The standard InChI is InChI=1S/C21H26N2O5S2/c1-15-8-9-18(30(26,27)23-10-4-3-6-16(23)2)12-19(15)21(25)28-14-20(24)22-13-17-7-5-11-29-17/h5,7-9,11-12,16H,3-4,6,10,13-14H2,1-2H3,(H,22,24). The quantitative estimate of drug-likeness (QED) is 0.655. The molecule has 2 aromatic rings. The van der Waals surface area contributed by atoms with Crippen molar-refractivity contribution < 1.29 is 22.7 Å². The Balaban J connectivity index is 1.66. The van der Waals surface area contributed by atoms with Crippen molar-refractivity contribution in [2.24, 2.45) is 0 Å². The zero-order valence-corrected chi connectivity index (χ0v) is 18.7. The van der Waals surface area contributed by atoms with E-state index in [0.29, 0.717) is 18.7 Å². The van der Waals surface area contributed by atoms with Gasteiger partial charge in [0.05, 0.1) is 17.0 Å². The molecule has 0 spiro atoms. The third kappa shape index (κ3) is 5.27. The van der Waals surface area contributed by atoms with E-state index in [4.69, 9.17) is 4.74 Å². The van der Waals surface area contributed by atoms with Crippen molar-refractivity contribution >= 4 is 33.2 Å². The number of hydrogen-bond acceptors (Lipinski definition) is 6. The van der Waals surface area contributed by atoms with E-state index < -0.39 is 28.5 Å². The van der Waals surface area contributed by atoms with Crippen LogP contribution in [0.5, 0.6) is 0 Å². The van der Waals surface area contributed by atoms with Gasteiger partial charge in [0.25, 0.3) is 5.91 Å². The van der Waals surface area contributed by atoms with E-state index in [1.54, 1.807) is 13.0 Å². The van der Waals surface area contributed by atoms with Crippen molar-refractivity contribution in [1.82, 2.24) is 9.62 Å². The number of piperidine rings is 1. The highest BCUT2D eigenvalue weighted by Crippen LogP contribution is 2.26. The first kappa shape index (κ1) is 22.5. The minimum atomic E-state index is -3.70. The van der Waals surface area contributed by atoms with E-state index in [1.807, 2.05) is 24.4 Å². The van der Waals surface area contributed by atoms with E-state index >= 15 is 0 Å². The lowest BCUT2D eigenvalue weighted by atomic mass is 10.1. The van der Waals surface area contributed by atoms with Gasteiger partial charge in [-0.15, -0.1) is 11.3 Å². The largest absolute Gasteiger partial charge is 0.452 e. The van der Waals surface area contributed by atoms with E-state index in [-0.39, 0.29) is 16.5 Å². The predicted molar refractivity (Wildman–Crippen MR) is 115 cm³/mol. The van der Waals surface area contributed by atoms with E-state index in [9.17, 15) is 18.0 Å². The number of amides is 1. The van der Waals surface area contributed by atoms with E-state index in [1.165, 1.54) is 27.8 Å². The number of hydrogen-bond donors (Lipinski definition) is 1. The lowest BCUT2D eigenvalue weighted by Gasteiger charge is -2.32. The molecule has 1 unspecified atom stereocenters. The summed E-state index contributed by atoms with van der Waals surface area (Å²) < 4.78 is 32.7. The molecular weight excluding hydrogens is 424 g/mol. The maximum Gasteiger partial charge on any atom is 0.338 e. The van der Waals surface area contributed by atoms with Gasteiger partial charge in [0.1, 0.15) is 0 Å². The average molecular weight is 451 g/mol. The van der Waals surface area contributed by atoms with E-state index in [2.05, 4.69) is 5.32 Å². The topological polar surface area (TPSA) is 92.8 Å². The van der Waals surface area contributed by atoms with Crippen LogP contribution in [0.3, 0.4) is 0 Å². The monoisotopic (exact) mass is 450 g/mol. The number of carbonyl (C=O) groups is 2. The SMILES string of the molecule is Cc1ccc(S(=O)(=O)N2CCCCC2C)cc1C(=O)OCC(=O)NCc1cccs1. The fourth-order valence-corrected chi connectivity index (χ4v) is 5.78. The Morgan fingerprint density at radius 2 is 2.07 bits per heavy atom. The molecule has 3 rings (SSSR count). The van der Waals surface area contributed by atoms with Crippen LogP contribution < -0.4 is 5.32 Å². The molecule has 0 bridgehead atoms. The molecule has 1 saturated heterocycles. The van der Waals surface area contributed by atoms with Crippen molar-refractivity contribution in [3.63, 3.8) is 0 Å². The Hall–Kier alpha value is -2.23. The lowest BCUT2D eigenvalue weighted by Crippen LogP contribution is -2.41. The molecule has 1 fully saturated rings. The normalized spacial score (nSPS) is 17.5. The van der Waals surface area contributed by atoms with Crippen LogP contribution in [0.1, 0.15) is 47.0 Å². The first-order valence-electron chi connectivity index (χ1n) is 9.87. The fourth-order valence-electron chi connectivity index (χ4n) is 3.40. The van der Waals surface area contributed by atoms with Gasteiger partial charge >= 0.3 is 5.97 Å². The number of aryl methyl sites for hydroxylation is 1. The molecule has 162 valence electrons. The highest BCUT2D eigenvalue weighted by molar-refractivity contribution is 7.89. The Bertz CT molecular complexity index is 1000. The van der Waals surface area contributed by atoms with Gasteiger partial charge in [-0.2, -0.15) is 4.31 Å². The average Bonchev–Trinajstić information content (AvgIpc) is 3.24. The molecule has 0 radical (unpaired) electrons. The number of sulfonamides is 1. The Morgan fingerprint density at radius 3 is 2.77 bits per heavy atom. The summed E-state index contributed by atoms with van der Waals surface area (Å²) in [5.74, 6) is -1.14. The highest BCUT2D eigenvalue weighted by atomic mass is 32.2. The lowest BCUT2D eigenvalue weighted by molar-refractivity contribution is -0.124. The van der Waals surface area contributed by atoms with Gasteiger partial charge in [0.2, 0.25) is 10.0 Å². The molecule has 1 aromatic carbocycles. The molecule has 0 saturated carbocycles. The molecule has 1 N–H and O–H groups in total. The molecule has 0 aliphatic carbocycles. The minimum Gasteiger partial charge on any atom is -0.452 e. The third-order valence-corrected chi connectivity index (χ3v) is 8.04. The number of esters is 1. The van der Waals surface area contributed by atoms with Gasteiger partial charge in [0.15, 0.2) is 6.61 Å². The molecule has 1 atom stereocenters. The number of nitrogens with zero attached hydrogens (tertiary/aromatic N) is 1. The second-order valence-corrected chi connectivity index (χ2v) is 10.3. The molecule has 1 amide bonds. The van der Waals surface area contributed by atoms with Crippen molar-refractivity contribution in [3.05, 3.63) is 51.7 Å². The molecule has 1 aliphatic rings. The maximum absolute atomic E-state index is 13.1. The zero-order chi connectivity index (χ0) is 21.7. The molecule has 30 heavy (non-hydrogen) atoms. The first-order chi connectivity index (χ1) is 14.3. The van der Waals surface area contributed by atoms with Gasteiger partial charge in [-0.3, -0.25) is 4.79 Å². The first-order valence-corrected chi connectivity index (χ1v) is 12.2. The van der Waals surface area contributed by atoms with Crippen LogP contribution in [-0.4, -0.2) is 43.8 Å². The van der Waals surface area contributed by atoms with Crippen molar-refractivity contribution in [1.29, 1.82) is 0 Å². The van der Waals surface area contributed by atoms with Crippen LogP contribution in [0.25, 0.3) is 0 Å². The minimum absolute atomic E-state index is 0.0657. The van der Waals surface area contributed by atoms with Crippen molar-refractivity contribution in [2.45, 2.75) is 50.6 Å². The van der Waals surface area contributed by atoms with Crippen LogP contribution in [-0.2, 0) is 26.1 Å². The summed E-state index contributed by atoms with van der Waals surface area (Å²) in [6, 6.07) is 8.16. The maximum atomic E-state index is 13.1. The fraction of sp³-hybridized carbons (Fsp3) is 0.429. The molecule has 7 nitrogen and oxygen atoms in total. The van der Waals surface area contributed by atoms with Crippen LogP contribution in [0.4, 0.5) is 0 Å². The van der Waals surface area contributed by atoms with Crippen LogP contribution in [0.2, 0.25) is 0 Å². The molecule has 9 heteroatoms. The summed E-state index contributed by atoms with van der Waals surface area (Å²) >= 11 is 1.52. The molecular formula is C21H26N2O5S2. The summed E-state index contributed by atoms with van der Waals surface area (Å²) in [5, 5.41) is 4.59. The second-order valence-electron chi connectivity index (χ2n) is 7.37. The number of rotatable bonds is 7. The number of ether oxygens (including phenoxy) is 1. The zero-order valence-electron chi connectivity index (χ0n) is 17.1. The van der Waals surface area contributed by atoms with Gasteiger partial charge in [0, 0.05) is 17.5 Å². The molecule has 2 heterocycles. The van der Waals surface area contributed by atoms with Crippen molar-refractivity contribution in [2.75, 3.05) is 13.2 Å². The van der Waals surface area contributed by atoms with Gasteiger partial charge < -0.3 is 10.1 Å². The van der Waals surface area contributed by atoms with Crippen LogP contribution in [0, 0.1) is 6.92 Å². The number of benzene rings is 1. The Kier molecular flexibility index (Phi) is 7.27.